The van der Waals surface area contributed by atoms with Crippen molar-refractivity contribution in [3.8, 4) is 22.0 Å². The molecular formula is C20H12BrF2N4OS+. The van der Waals surface area contributed by atoms with Gasteiger partial charge in [0.25, 0.3) is 0 Å². The summed E-state index contributed by atoms with van der Waals surface area (Å²) in [5, 5.41) is 4.12. The fraction of sp³-hybridized carbons (Fsp3) is 0.0500. The van der Waals surface area contributed by atoms with E-state index in [0.717, 1.165) is 20.4 Å². The monoisotopic (exact) mass is 473 g/mol. The number of hydrogen-bond donors (Lipinski definition) is 1. The third-order valence-electron chi connectivity index (χ3n) is 4.41. The number of aromatic nitrogens is 4. The Morgan fingerprint density at radius 1 is 1.17 bits per heavy atom. The number of imidazole rings is 1. The van der Waals surface area contributed by atoms with Crippen molar-refractivity contribution in [2.45, 2.75) is 6.54 Å². The average Bonchev–Trinajstić information content (AvgIpc) is 3.43. The first kappa shape index (κ1) is 18.1. The number of rotatable bonds is 4. The van der Waals surface area contributed by atoms with E-state index in [-0.39, 0.29) is 11.4 Å². The Hall–Kier alpha value is -2.91. The Kier molecular flexibility index (Phi) is 4.48. The Balaban J connectivity index is 1.43. The van der Waals surface area contributed by atoms with Gasteiger partial charge in [-0.3, -0.25) is 0 Å². The molecule has 0 saturated heterocycles. The van der Waals surface area contributed by atoms with Crippen LogP contribution in [-0.4, -0.2) is 15.1 Å². The van der Waals surface area contributed by atoms with E-state index in [1.807, 2.05) is 35.2 Å². The third-order valence-corrected chi connectivity index (χ3v) is 6.06. The summed E-state index contributed by atoms with van der Waals surface area (Å²) in [7, 11) is 0. The van der Waals surface area contributed by atoms with Crippen LogP contribution in [0.3, 0.4) is 0 Å². The van der Waals surface area contributed by atoms with Crippen LogP contribution in [0, 0.1) is 11.6 Å². The van der Waals surface area contributed by atoms with Gasteiger partial charge in [0, 0.05) is 12.1 Å². The molecule has 9 heteroatoms. The van der Waals surface area contributed by atoms with Gasteiger partial charge in [-0.1, -0.05) is 11.2 Å². The van der Waals surface area contributed by atoms with Crippen molar-refractivity contribution >= 4 is 38.3 Å². The summed E-state index contributed by atoms with van der Waals surface area (Å²) in [6, 6.07) is 11.7. The highest BCUT2D eigenvalue weighted by atomic mass is 79.9. The van der Waals surface area contributed by atoms with Crippen LogP contribution in [0.15, 0.2) is 63.2 Å². The summed E-state index contributed by atoms with van der Waals surface area (Å²) in [4.78, 5) is 8.43. The number of pyridine rings is 1. The molecular weight excluding hydrogens is 462 g/mol. The van der Waals surface area contributed by atoms with Gasteiger partial charge < -0.3 is 9.51 Å². The van der Waals surface area contributed by atoms with Crippen LogP contribution in [-0.2, 0) is 6.54 Å². The molecule has 1 aromatic carbocycles. The van der Waals surface area contributed by atoms with Gasteiger partial charge in [-0.2, -0.15) is 4.57 Å². The zero-order valence-corrected chi connectivity index (χ0v) is 17.1. The summed E-state index contributed by atoms with van der Waals surface area (Å²) in [6.45, 7) is 0.470. The first-order valence-corrected chi connectivity index (χ1v) is 10.2. The minimum Gasteiger partial charge on any atom is -0.354 e. The quantitative estimate of drug-likeness (QED) is 0.359. The molecule has 29 heavy (non-hydrogen) atoms. The third kappa shape index (κ3) is 3.47. The number of thiophene rings is 1. The van der Waals surface area contributed by atoms with E-state index in [2.05, 4.69) is 31.1 Å². The van der Waals surface area contributed by atoms with Crippen LogP contribution < -0.4 is 4.57 Å². The predicted octanol–water partition coefficient (Wildman–Crippen LogP) is 5.32. The minimum atomic E-state index is -0.922. The van der Waals surface area contributed by atoms with Gasteiger partial charge in [0.1, 0.15) is 22.6 Å². The number of benzene rings is 1. The van der Waals surface area contributed by atoms with Gasteiger partial charge in [-0.15, -0.1) is 11.3 Å². The molecule has 144 valence electrons. The highest BCUT2D eigenvalue weighted by Gasteiger charge is 2.17. The van der Waals surface area contributed by atoms with Crippen molar-refractivity contribution in [1.82, 2.24) is 15.1 Å². The van der Waals surface area contributed by atoms with Crippen molar-refractivity contribution in [2.75, 3.05) is 0 Å². The topological polar surface area (TPSA) is 58.6 Å². The molecule has 4 aromatic heterocycles. The summed E-state index contributed by atoms with van der Waals surface area (Å²) in [6.07, 6.45) is 3.69. The Morgan fingerprint density at radius 2 is 2.07 bits per heavy atom. The highest BCUT2D eigenvalue weighted by Crippen LogP contribution is 2.30. The molecule has 5 nitrogen and oxygen atoms in total. The molecule has 0 spiro atoms. The minimum absolute atomic E-state index is 0.0923. The van der Waals surface area contributed by atoms with E-state index in [4.69, 9.17) is 4.52 Å². The number of nitrogens with zero attached hydrogens (tertiary/aromatic N) is 3. The van der Waals surface area contributed by atoms with E-state index >= 15 is 0 Å². The van der Waals surface area contributed by atoms with Crippen LogP contribution in [0.1, 0.15) is 5.76 Å². The maximum Gasteiger partial charge on any atom is 0.208 e. The molecule has 4 heterocycles. The van der Waals surface area contributed by atoms with E-state index in [1.54, 1.807) is 17.4 Å². The van der Waals surface area contributed by atoms with E-state index < -0.39 is 11.6 Å². The summed E-state index contributed by atoms with van der Waals surface area (Å²) >= 11 is 5.02. The average molecular weight is 474 g/mol. The second kappa shape index (κ2) is 7.16. The normalized spacial score (nSPS) is 11.4. The van der Waals surface area contributed by atoms with E-state index in [0.29, 0.717) is 23.3 Å². The smallest absolute Gasteiger partial charge is 0.208 e. The van der Waals surface area contributed by atoms with Gasteiger partial charge in [0.15, 0.2) is 24.0 Å². The van der Waals surface area contributed by atoms with Crippen LogP contribution in [0.5, 0.6) is 0 Å². The molecule has 0 bridgehead atoms. The SMILES string of the molecule is Fc1cccc(-c2nc3cc[n+](Cc4cc(-c5ccc(Br)s5)no4)cc3[nH]2)c1F. The summed E-state index contributed by atoms with van der Waals surface area (Å²) in [5.74, 6) is -0.851. The van der Waals surface area contributed by atoms with Crippen molar-refractivity contribution in [1.29, 1.82) is 0 Å². The largest absolute Gasteiger partial charge is 0.354 e. The molecule has 0 radical (unpaired) electrons. The number of hydrogen-bond acceptors (Lipinski definition) is 4. The van der Waals surface area contributed by atoms with E-state index in [9.17, 15) is 8.78 Å². The van der Waals surface area contributed by atoms with Crippen molar-refractivity contribution in [3.63, 3.8) is 0 Å². The number of H-pyrrole nitrogens is 1. The Morgan fingerprint density at radius 3 is 2.90 bits per heavy atom. The van der Waals surface area contributed by atoms with Crippen LogP contribution in [0.2, 0.25) is 0 Å². The number of halogens is 3. The van der Waals surface area contributed by atoms with Crippen LogP contribution >= 0.6 is 27.3 Å². The van der Waals surface area contributed by atoms with Gasteiger partial charge in [0.2, 0.25) is 12.3 Å². The highest BCUT2D eigenvalue weighted by molar-refractivity contribution is 9.11. The number of aromatic amines is 1. The first-order valence-electron chi connectivity index (χ1n) is 8.61. The van der Waals surface area contributed by atoms with Crippen molar-refractivity contribution in [3.05, 3.63) is 76.0 Å². The molecule has 0 saturated carbocycles. The molecule has 1 N–H and O–H groups in total. The van der Waals surface area contributed by atoms with Gasteiger partial charge in [-0.25, -0.2) is 13.8 Å². The van der Waals surface area contributed by atoms with Crippen molar-refractivity contribution in [2.24, 2.45) is 0 Å². The van der Waals surface area contributed by atoms with E-state index in [1.165, 1.54) is 12.1 Å². The zero-order valence-electron chi connectivity index (χ0n) is 14.7. The fourth-order valence-corrected chi connectivity index (χ4v) is 4.39. The summed E-state index contributed by atoms with van der Waals surface area (Å²) in [5.41, 5.74) is 2.23. The van der Waals surface area contributed by atoms with Crippen LogP contribution in [0.4, 0.5) is 8.78 Å². The predicted molar refractivity (Wildman–Crippen MR) is 108 cm³/mol. The van der Waals surface area contributed by atoms with Gasteiger partial charge in [-0.05, 0) is 40.2 Å². The van der Waals surface area contributed by atoms with Gasteiger partial charge in [0.05, 0.1) is 14.2 Å². The zero-order chi connectivity index (χ0) is 20.0. The Bertz CT molecular complexity index is 1340. The molecule has 5 rings (SSSR count). The number of fused-ring (bicyclic) bond motifs is 1. The lowest BCUT2D eigenvalue weighted by Gasteiger charge is -1.99. The summed E-state index contributed by atoms with van der Waals surface area (Å²) < 4.78 is 36.0. The lowest BCUT2D eigenvalue weighted by atomic mass is 10.2. The second-order valence-electron chi connectivity index (χ2n) is 6.39. The second-order valence-corrected chi connectivity index (χ2v) is 8.85. The lowest BCUT2D eigenvalue weighted by Crippen LogP contribution is -2.32. The Labute approximate surface area is 175 Å². The standard InChI is InChI=1S/C20H11BrF2N4OS/c21-18-5-4-17(29-18)15-8-11(28-26-15)9-27-7-6-14-16(10-27)25-20(24-14)12-2-1-3-13(22)19(12)23/h1-8,10H,9H2/p+1. The maximum absolute atomic E-state index is 14.1. The molecule has 0 fully saturated rings. The fourth-order valence-electron chi connectivity index (χ4n) is 3.05. The molecule has 0 aliphatic rings. The van der Waals surface area contributed by atoms with Crippen molar-refractivity contribution < 1.29 is 17.9 Å². The number of nitrogens with one attached hydrogen (secondary N) is 1. The molecule has 0 aliphatic heterocycles. The molecule has 5 aromatic rings. The maximum atomic E-state index is 14.1. The molecule has 0 unspecified atom stereocenters. The first-order chi connectivity index (χ1) is 14.1. The molecule has 0 amide bonds. The molecule has 0 aliphatic carbocycles. The lowest BCUT2D eigenvalue weighted by molar-refractivity contribution is -0.688. The van der Waals surface area contributed by atoms with Gasteiger partial charge >= 0.3 is 0 Å². The molecule has 0 atom stereocenters. The van der Waals surface area contributed by atoms with Crippen LogP contribution in [0.25, 0.3) is 33.0 Å².